The van der Waals surface area contributed by atoms with Gasteiger partial charge in [-0.1, -0.05) is 42.5 Å². The van der Waals surface area contributed by atoms with E-state index in [4.69, 9.17) is 0 Å². The highest BCUT2D eigenvalue weighted by atomic mass is 32.1. The monoisotopic (exact) mass is 288 g/mol. The fraction of sp³-hybridized carbons (Fsp3) is 0.333. The summed E-state index contributed by atoms with van der Waals surface area (Å²) in [6.45, 7) is 3.65. The van der Waals surface area contributed by atoms with E-state index in [9.17, 15) is 9.90 Å². The minimum absolute atomic E-state index is 0.376. The topological polar surface area (TPSA) is 53.4 Å². The van der Waals surface area contributed by atoms with E-state index >= 15 is 0 Å². The maximum atomic E-state index is 11.2. The standard InChI is InChI=1S/C15H16N2O2S/c1-2-12-13(14(18)19)20-15(16-12)17-8-7-10-5-3-4-6-11(10)9-17/h3-6H,2,7-9H2,1H3,(H,18,19). The van der Waals surface area contributed by atoms with Gasteiger partial charge in [0, 0.05) is 13.1 Å². The lowest BCUT2D eigenvalue weighted by Gasteiger charge is -2.28. The molecule has 20 heavy (non-hydrogen) atoms. The molecule has 0 unspecified atom stereocenters. The van der Waals surface area contributed by atoms with E-state index in [2.05, 4.69) is 28.1 Å². The maximum Gasteiger partial charge on any atom is 0.347 e. The first-order chi connectivity index (χ1) is 9.69. The molecule has 2 aromatic rings. The van der Waals surface area contributed by atoms with Crippen LogP contribution in [0.1, 0.15) is 33.4 Å². The molecule has 1 aromatic carbocycles. The molecule has 2 heterocycles. The summed E-state index contributed by atoms with van der Waals surface area (Å²) in [5, 5.41) is 10.0. The molecule has 1 aliphatic heterocycles. The highest BCUT2D eigenvalue weighted by Gasteiger charge is 2.22. The minimum atomic E-state index is -0.872. The molecule has 1 N–H and O–H groups in total. The van der Waals surface area contributed by atoms with Gasteiger partial charge in [0.1, 0.15) is 4.88 Å². The fourth-order valence-corrected chi connectivity index (χ4v) is 3.56. The zero-order chi connectivity index (χ0) is 14.1. The Labute approximate surface area is 121 Å². The van der Waals surface area contributed by atoms with Gasteiger partial charge in [-0.15, -0.1) is 0 Å². The molecule has 0 amide bonds. The highest BCUT2D eigenvalue weighted by Crippen LogP contribution is 2.30. The Bertz CT molecular complexity index is 651. The Morgan fingerprint density at radius 2 is 2.15 bits per heavy atom. The summed E-state index contributed by atoms with van der Waals surface area (Å²) in [6.07, 6.45) is 1.64. The lowest BCUT2D eigenvalue weighted by Crippen LogP contribution is -2.30. The summed E-state index contributed by atoms with van der Waals surface area (Å²) in [5.74, 6) is -0.872. The summed E-state index contributed by atoms with van der Waals surface area (Å²) >= 11 is 1.29. The molecular formula is C15H16N2O2S. The average molecular weight is 288 g/mol. The Hall–Kier alpha value is -1.88. The third kappa shape index (κ3) is 2.29. The average Bonchev–Trinajstić information content (AvgIpc) is 2.91. The van der Waals surface area contributed by atoms with Gasteiger partial charge >= 0.3 is 5.97 Å². The Morgan fingerprint density at radius 3 is 2.80 bits per heavy atom. The van der Waals surface area contributed by atoms with Gasteiger partial charge in [0.2, 0.25) is 0 Å². The molecule has 0 saturated carbocycles. The zero-order valence-corrected chi connectivity index (χ0v) is 12.1. The Balaban J connectivity index is 1.90. The van der Waals surface area contributed by atoms with E-state index in [1.165, 1.54) is 22.5 Å². The van der Waals surface area contributed by atoms with E-state index in [1.54, 1.807) is 0 Å². The number of fused-ring (bicyclic) bond motifs is 1. The number of hydrogen-bond donors (Lipinski definition) is 1. The summed E-state index contributed by atoms with van der Waals surface area (Å²) in [5.41, 5.74) is 3.38. The molecule has 104 valence electrons. The molecule has 5 heteroatoms. The van der Waals surface area contributed by atoms with Crippen molar-refractivity contribution in [2.45, 2.75) is 26.3 Å². The van der Waals surface area contributed by atoms with Crippen molar-refractivity contribution in [1.82, 2.24) is 4.98 Å². The van der Waals surface area contributed by atoms with Crippen molar-refractivity contribution in [1.29, 1.82) is 0 Å². The second kappa shape index (κ2) is 5.25. The summed E-state index contributed by atoms with van der Waals surface area (Å²) in [7, 11) is 0. The quantitative estimate of drug-likeness (QED) is 0.943. The van der Waals surface area contributed by atoms with Crippen LogP contribution in [0, 0.1) is 0 Å². The molecule has 0 aliphatic carbocycles. The number of aromatic nitrogens is 1. The van der Waals surface area contributed by atoms with Crippen molar-refractivity contribution in [2.24, 2.45) is 0 Å². The second-order valence-corrected chi connectivity index (χ2v) is 5.85. The second-order valence-electron chi connectivity index (χ2n) is 4.87. The number of carboxylic acids is 1. The van der Waals surface area contributed by atoms with Crippen LogP contribution in [-0.2, 0) is 19.4 Å². The van der Waals surface area contributed by atoms with E-state index in [0.717, 1.165) is 24.6 Å². The lowest BCUT2D eigenvalue weighted by molar-refractivity contribution is 0.0701. The summed E-state index contributed by atoms with van der Waals surface area (Å²) in [6, 6.07) is 8.41. The van der Waals surface area contributed by atoms with Gasteiger partial charge in [-0.05, 0) is 24.0 Å². The fourth-order valence-electron chi connectivity index (χ4n) is 2.54. The van der Waals surface area contributed by atoms with Crippen molar-refractivity contribution >= 4 is 22.4 Å². The largest absolute Gasteiger partial charge is 0.477 e. The number of carboxylic acid groups (broad SMARTS) is 1. The van der Waals surface area contributed by atoms with Crippen LogP contribution in [0.4, 0.5) is 5.13 Å². The molecule has 3 rings (SSSR count). The highest BCUT2D eigenvalue weighted by molar-refractivity contribution is 7.17. The number of nitrogens with zero attached hydrogens (tertiary/aromatic N) is 2. The van der Waals surface area contributed by atoms with Crippen molar-refractivity contribution in [3.8, 4) is 0 Å². The number of aryl methyl sites for hydroxylation is 1. The van der Waals surface area contributed by atoms with Crippen LogP contribution in [0.25, 0.3) is 0 Å². The SMILES string of the molecule is CCc1nc(N2CCc3ccccc3C2)sc1C(=O)O. The molecular weight excluding hydrogens is 272 g/mol. The normalized spacial score (nSPS) is 14.2. The van der Waals surface area contributed by atoms with Crippen LogP contribution in [0.5, 0.6) is 0 Å². The summed E-state index contributed by atoms with van der Waals surface area (Å²) in [4.78, 5) is 18.3. The van der Waals surface area contributed by atoms with Crippen LogP contribution in [0.15, 0.2) is 24.3 Å². The Kier molecular flexibility index (Phi) is 3.44. The van der Waals surface area contributed by atoms with Gasteiger partial charge in [0.05, 0.1) is 5.69 Å². The number of carbonyl (C=O) groups is 1. The molecule has 4 nitrogen and oxygen atoms in total. The first-order valence-electron chi connectivity index (χ1n) is 6.73. The molecule has 0 fully saturated rings. The third-order valence-corrected chi connectivity index (χ3v) is 4.76. The number of aromatic carboxylic acids is 1. The summed E-state index contributed by atoms with van der Waals surface area (Å²) < 4.78 is 0. The number of anilines is 1. The minimum Gasteiger partial charge on any atom is -0.477 e. The van der Waals surface area contributed by atoms with Crippen LogP contribution in [0.2, 0.25) is 0 Å². The number of thiazole rings is 1. The molecule has 0 spiro atoms. The van der Waals surface area contributed by atoms with Crippen molar-refractivity contribution < 1.29 is 9.90 Å². The molecule has 1 aromatic heterocycles. The number of hydrogen-bond acceptors (Lipinski definition) is 4. The zero-order valence-electron chi connectivity index (χ0n) is 11.3. The lowest BCUT2D eigenvalue weighted by atomic mass is 10.0. The van der Waals surface area contributed by atoms with Gasteiger partial charge in [0.15, 0.2) is 5.13 Å². The first-order valence-corrected chi connectivity index (χ1v) is 7.55. The van der Waals surface area contributed by atoms with E-state index in [-0.39, 0.29) is 0 Å². The predicted molar refractivity (Wildman–Crippen MR) is 79.6 cm³/mol. The maximum absolute atomic E-state index is 11.2. The molecule has 0 radical (unpaired) electrons. The van der Waals surface area contributed by atoms with Crippen molar-refractivity contribution in [3.63, 3.8) is 0 Å². The van der Waals surface area contributed by atoms with Gasteiger partial charge in [-0.25, -0.2) is 9.78 Å². The van der Waals surface area contributed by atoms with Crippen LogP contribution >= 0.6 is 11.3 Å². The number of benzene rings is 1. The molecule has 1 aliphatic rings. The van der Waals surface area contributed by atoms with E-state index in [1.807, 2.05) is 13.0 Å². The van der Waals surface area contributed by atoms with Crippen molar-refractivity contribution in [3.05, 3.63) is 46.0 Å². The van der Waals surface area contributed by atoms with Crippen LogP contribution in [-0.4, -0.2) is 22.6 Å². The number of rotatable bonds is 3. The van der Waals surface area contributed by atoms with Crippen molar-refractivity contribution in [2.75, 3.05) is 11.4 Å². The molecule has 0 saturated heterocycles. The van der Waals surface area contributed by atoms with E-state index < -0.39 is 5.97 Å². The van der Waals surface area contributed by atoms with E-state index in [0.29, 0.717) is 17.0 Å². The van der Waals surface area contributed by atoms with Crippen LogP contribution in [0.3, 0.4) is 0 Å². The molecule has 0 atom stereocenters. The molecule has 0 bridgehead atoms. The smallest absolute Gasteiger partial charge is 0.347 e. The van der Waals surface area contributed by atoms with Gasteiger partial charge in [-0.2, -0.15) is 0 Å². The third-order valence-electron chi connectivity index (χ3n) is 3.62. The van der Waals surface area contributed by atoms with Gasteiger partial charge in [-0.3, -0.25) is 0 Å². The van der Waals surface area contributed by atoms with Gasteiger partial charge < -0.3 is 10.0 Å². The van der Waals surface area contributed by atoms with Gasteiger partial charge in [0.25, 0.3) is 0 Å². The Morgan fingerprint density at radius 1 is 1.40 bits per heavy atom. The van der Waals surface area contributed by atoms with Crippen LogP contribution < -0.4 is 4.90 Å². The predicted octanol–water partition coefficient (Wildman–Crippen LogP) is 2.97. The first kappa shape index (κ1) is 13.1.